The summed E-state index contributed by atoms with van der Waals surface area (Å²) in [6.45, 7) is 5.89. The SMILES string of the molecule is CCCN(CCC)C(=O)C1CCC(C(=O)Nc2cccc3cccnc23)CC1. The lowest BCUT2D eigenvalue weighted by Gasteiger charge is -2.31. The van der Waals surface area contributed by atoms with Gasteiger partial charge in [0.15, 0.2) is 0 Å². The first-order valence-corrected chi connectivity index (χ1v) is 10.6. The van der Waals surface area contributed by atoms with E-state index >= 15 is 0 Å². The van der Waals surface area contributed by atoms with Gasteiger partial charge in [0, 0.05) is 36.5 Å². The predicted molar refractivity (Wildman–Crippen MR) is 113 cm³/mol. The smallest absolute Gasteiger partial charge is 0.227 e. The van der Waals surface area contributed by atoms with Crippen LogP contribution in [-0.2, 0) is 9.59 Å². The number of nitrogens with one attached hydrogen (secondary N) is 1. The topological polar surface area (TPSA) is 62.3 Å². The maximum atomic E-state index is 12.8. The summed E-state index contributed by atoms with van der Waals surface area (Å²) < 4.78 is 0. The molecule has 1 heterocycles. The van der Waals surface area contributed by atoms with Crippen molar-refractivity contribution in [2.24, 2.45) is 11.8 Å². The Bertz CT molecular complexity index is 801. The molecule has 150 valence electrons. The number of pyridine rings is 1. The van der Waals surface area contributed by atoms with E-state index in [-0.39, 0.29) is 23.7 Å². The van der Waals surface area contributed by atoms with Gasteiger partial charge in [0.1, 0.15) is 0 Å². The van der Waals surface area contributed by atoms with Gasteiger partial charge in [0.2, 0.25) is 11.8 Å². The molecule has 1 aliphatic rings. The Balaban J connectivity index is 1.58. The highest BCUT2D eigenvalue weighted by atomic mass is 16.2. The fourth-order valence-corrected chi connectivity index (χ4v) is 4.17. The number of benzene rings is 1. The largest absolute Gasteiger partial charge is 0.342 e. The molecule has 0 spiro atoms. The van der Waals surface area contributed by atoms with Crippen molar-refractivity contribution >= 4 is 28.4 Å². The molecule has 1 fully saturated rings. The Hall–Kier alpha value is -2.43. The van der Waals surface area contributed by atoms with Crippen LogP contribution < -0.4 is 5.32 Å². The van der Waals surface area contributed by atoms with E-state index < -0.39 is 0 Å². The van der Waals surface area contributed by atoms with Crippen molar-refractivity contribution in [3.8, 4) is 0 Å². The van der Waals surface area contributed by atoms with Crippen LogP contribution >= 0.6 is 0 Å². The second-order valence-corrected chi connectivity index (χ2v) is 7.74. The van der Waals surface area contributed by atoms with Gasteiger partial charge >= 0.3 is 0 Å². The van der Waals surface area contributed by atoms with Crippen LogP contribution in [0.5, 0.6) is 0 Å². The van der Waals surface area contributed by atoms with Gasteiger partial charge in [-0.15, -0.1) is 0 Å². The van der Waals surface area contributed by atoms with E-state index in [4.69, 9.17) is 0 Å². The Kier molecular flexibility index (Phi) is 7.01. The standard InChI is InChI=1S/C23H31N3O2/c1-3-15-26(16-4-2)23(28)19-12-10-18(11-13-19)22(27)25-20-9-5-7-17-8-6-14-24-21(17)20/h5-9,14,18-19H,3-4,10-13,15-16H2,1-2H3,(H,25,27). The third-order valence-electron chi connectivity index (χ3n) is 5.64. The van der Waals surface area contributed by atoms with Gasteiger partial charge in [-0.1, -0.05) is 32.0 Å². The van der Waals surface area contributed by atoms with Crippen LogP contribution in [0.1, 0.15) is 52.4 Å². The zero-order valence-corrected chi connectivity index (χ0v) is 17.0. The van der Waals surface area contributed by atoms with E-state index in [0.29, 0.717) is 0 Å². The fraction of sp³-hybridized carbons (Fsp3) is 0.522. The summed E-state index contributed by atoms with van der Waals surface area (Å²) in [6.07, 6.45) is 6.86. The summed E-state index contributed by atoms with van der Waals surface area (Å²) in [4.78, 5) is 32.0. The van der Waals surface area contributed by atoms with Gasteiger partial charge in [-0.25, -0.2) is 0 Å². The summed E-state index contributed by atoms with van der Waals surface area (Å²) in [5, 5.41) is 4.08. The first-order valence-electron chi connectivity index (χ1n) is 10.6. The maximum Gasteiger partial charge on any atom is 0.227 e. The normalized spacial score (nSPS) is 19.4. The molecule has 0 unspecified atom stereocenters. The van der Waals surface area contributed by atoms with Crippen molar-refractivity contribution in [1.82, 2.24) is 9.88 Å². The van der Waals surface area contributed by atoms with E-state index in [1.165, 1.54) is 0 Å². The number of hydrogen-bond donors (Lipinski definition) is 1. The maximum absolute atomic E-state index is 12.8. The average molecular weight is 382 g/mol. The van der Waals surface area contributed by atoms with Gasteiger partial charge < -0.3 is 10.2 Å². The molecule has 1 N–H and O–H groups in total. The van der Waals surface area contributed by atoms with Crippen LogP contribution in [0.3, 0.4) is 0 Å². The van der Waals surface area contributed by atoms with Crippen LogP contribution in [0.15, 0.2) is 36.5 Å². The predicted octanol–water partition coefficient (Wildman–Crippen LogP) is 4.63. The molecular weight excluding hydrogens is 350 g/mol. The quantitative estimate of drug-likeness (QED) is 0.761. The van der Waals surface area contributed by atoms with Gasteiger partial charge in [-0.3, -0.25) is 14.6 Å². The lowest BCUT2D eigenvalue weighted by Crippen LogP contribution is -2.39. The number of fused-ring (bicyclic) bond motifs is 1. The number of aromatic nitrogens is 1. The minimum Gasteiger partial charge on any atom is -0.342 e. The number of amides is 2. The lowest BCUT2D eigenvalue weighted by atomic mass is 9.80. The Morgan fingerprint density at radius 3 is 2.32 bits per heavy atom. The molecular formula is C23H31N3O2. The molecule has 28 heavy (non-hydrogen) atoms. The van der Waals surface area contributed by atoms with Gasteiger partial charge in [-0.05, 0) is 50.7 Å². The summed E-state index contributed by atoms with van der Waals surface area (Å²) in [6, 6.07) is 9.72. The zero-order valence-electron chi connectivity index (χ0n) is 17.0. The number of nitrogens with zero attached hydrogens (tertiary/aromatic N) is 2. The minimum atomic E-state index is -0.0335. The van der Waals surface area contributed by atoms with E-state index in [1.54, 1.807) is 6.20 Å². The van der Waals surface area contributed by atoms with Crippen molar-refractivity contribution in [3.05, 3.63) is 36.5 Å². The third-order valence-corrected chi connectivity index (χ3v) is 5.64. The van der Waals surface area contributed by atoms with Crippen molar-refractivity contribution in [3.63, 3.8) is 0 Å². The highest BCUT2D eigenvalue weighted by molar-refractivity contribution is 6.01. The Labute approximate surface area is 167 Å². The van der Waals surface area contributed by atoms with E-state index in [9.17, 15) is 9.59 Å². The van der Waals surface area contributed by atoms with Crippen LogP contribution in [0, 0.1) is 11.8 Å². The second kappa shape index (κ2) is 9.67. The second-order valence-electron chi connectivity index (χ2n) is 7.74. The molecule has 1 aromatic carbocycles. The summed E-state index contributed by atoms with van der Waals surface area (Å²) in [7, 11) is 0. The van der Waals surface area contributed by atoms with Gasteiger partial charge in [0.25, 0.3) is 0 Å². The molecule has 0 atom stereocenters. The van der Waals surface area contributed by atoms with Crippen LogP contribution in [-0.4, -0.2) is 34.8 Å². The molecule has 0 bridgehead atoms. The van der Waals surface area contributed by atoms with Crippen LogP contribution in [0.2, 0.25) is 0 Å². The van der Waals surface area contributed by atoms with Gasteiger partial charge in [-0.2, -0.15) is 0 Å². The van der Waals surface area contributed by atoms with Crippen molar-refractivity contribution in [2.75, 3.05) is 18.4 Å². The van der Waals surface area contributed by atoms with Crippen molar-refractivity contribution in [2.45, 2.75) is 52.4 Å². The molecule has 2 amide bonds. The minimum absolute atomic E-state index is 0.0335. The third kappa shape index (κ3) is 4.70. The molecule has 1 saturated carbocycles. The molecule has 1 aromatic heterocycles. The number of carbonyl (C=O) groups is 2. The first-order chi connectivity index (χ1) is 13.6. The van der Waals surface area contributed by atoms with E-state index in [0.717, 1.165) is 68.2 Å². The zero-order chi connectivity index (χ0) is 19.9. The molecule has 0 aliphatic heterocycles. The van der Waals surface area contributed by atoms with E-state index in [2.05, 4.69) is 24.1 Å². The number of rotatable bonds is 7. The molecule has 2 aromatic rings. The van der Waals surface area contributed by atoms with Gasteiger partial charge in [0.05, 0.1) is 11.2 Å². The molecule has 0 radical (unpaired) electrons. The number of hydrogen-bond acceptors (Lipinski definition) is 3. The molecule has 3 rings (SSSR count). The number of para-hydroxylation sites is 1. The molecule has 1 aliphatic carbocycles. The first kappa shape index (κ1) is 20.3. The molecule has 5 nitrogen and oxygen atoms in total. The van der Waals surface area contributed by atoms with Crippen LogP contribution in [0.25, 0.3) is 10.9 Å². The molecule has 0 saturated heterocycles. The van der Waals surface area contributed by atoms with Crippen LogP contribution in [0.4, 0.5) is 5.69 Å². The monoisotopic (exact) mass is 381 g/mol. The number of carbonyl (C=O) groups excluding carboxylic acids is 2. The fourth-order valence-electron chi connectivity index (χ4n) is 4.17. The Morgan fingerprint density at radius 2 is 1.64 bits per heavy atom. The summed E-state index contributed by atoms with van der Waals surface area (Å²) in [5.41, 5.74) is 1.58. The summed E-state index contributed by atoms with van der Waals surface area (Å²) >= 11 is 0. The molecule has 5 heteroatoms. The average Bonchev–Trinajstić information content (AvgIpc) is 2.73. The summed E-state index contributed by atoms with van der Waals surface area (Å²) in [5.74, 6) is 0.360. The highest BCUT2D eigenvalue weighted by Gasteiger charge is 2.32. The number of anilines is 1. The lowest BCUT2D eigenvalue weighted by molar-refractivity contribution is -0.138. The highest BCUT2D eigenvalue weighted by Crippen LogP contribution is 2.31. The van der Waals surface area contributed by atoms with Crippen molar-refractivity contribution < 1.29 is 9.59 Å². The van der Waals surface area contributed by atoms with Crippen molar-refractivity contribution in [1.29, 1.82) is 0 Å². The Morgan fingerprint density at radius 1 is 1.00 bits per heavy atom. The van der Waals surface area contributed by atoms with E-state index in [1.807, 2.05) is 35.2 Å².